The molecule has 0 bridgehead atoms. The van der Waals surface area contributed by atoms with Gasteiger partial charge in [0, 0.05) is 18.5 Å². The van der Waals surface area contributed by atoms with Crippen LogP contribution in [0.15, 0.2) is 33.6 Å². The van der Waals surface area contributed by atoms with Gasteiger partial charge in [-0.3, -0.25) is 9.59 Å². The maximum Gasteiger partial charge on any atom is 0.275 e. The van der Waals surface area contributed by atoms with Crippen LogP contribution in [-0.2, 0) is 11.3 Å². The van der Waals surface area contributed by atoms with Gasteiger partial charge in [0.15, 0.2) is 5.82 Å². The zero-order chi connectivity index (χ0) is 18.3. The van der Waals surface area contributed by atoms with Crippen LogP contribution < -0.4 is 5.56 Å². The van der Waals surface area contributed by atoms with Crippen LogP contribution in [0, 0.1) is 13.8 Å². The topological polar surface area (TPSA) is 94.1 Å². The van der Waals surface area contributed by atoms with Gasteiger partial charge in [-0.2, -0.15) is 10.1 Å². The van der Waals surface area contributed by atoms with Gasteiger partial charge in [-0.15, -0.1) is 0 Å². The number of nitrogens with zero attached hydrogens (tertiary/aromatic N) is 5. The first-order chi connectivity index (χ1) is 12.5. The van der Waals surface area contributed by atoms with E-state index in [1.807, 2.05) is 25.1 Å². The smallest absolute Gasteiger partial charge is 0.275 e. The van der Waals surface area contributed by atoms with Crippen LogP contribution in [0.2, 0.25) is 0 Å². The fourth-order valence-corrected chi connectivity index (χ4v) is 3.41. The van der Waals surface area contributed by atoms with Crippen LogP contribution in [0.5, 0.6) is 0 Å². The Balaban J connectivity index is 1.53. The fraction of sp³-hybridized carbons (Fsp3) is 0.389. The molecule has 134 valence electrons. The highest BCUT2D eigenvalue weighted by Gasteiger charge is 2.31. The van der Waals surface area contributed by atoms with Gasteiger partial charge in [0.1, 0.15) is 6.54 Å². The predicted octanol–water partition coefficient (Wildman–Crippen LogP) is 1.41. The lowest BCUT2D eigenvalue weighted by molar-refractivity contribution is -0.131. The van der Waals surface area contributed by atoms with Crippen molar-refractivity contribution in [1.29, 1.82) is 0 Å². The first-order valence-corrected chi connectivity index (χ1v) is 8.57. The molecule has 1 atom stereocenters. The van der Waals surface area contributed by atoms with Gasteiger partial charge in [-0.1, -0.05) is 23.4 Å². The number of rotatable bonds is 3. The van der Waals surface area contributed by atoms with Crippen LogP contribution >= 0.6 is 0 Å². The highest BCUT2D eigenvalue weighted by molar-refractivity contribution is 5.83. The van der Waals surface area contributed by atoms with Crippen molar-refractivity contribution in [3.05, 3.63) is 52.0 Å². The van der Waals surface area contributed by atoms with Gasteiger partial charge >= 0.3 is 0 Å². The highest BCUT2D eigenvalue weighted by Crippen LogP contribution is 2.26. The van der Waals surface area contributed by atoms with Crippen LogP contribution in [-0.4, -0.2) is 43.8 Å². The fourth-order valence-electron chi connectivity index (χ4n) is 3.41. The summed E-state index contributed by atoms with van der Waals surface area (Å²) in [6.45, 7) is 4.66. The molecule has 1 fully saturated rings. The van der Waals surface area contributed by atoms with E-state index in [1.54, 1.807) is 17.9 Å². The molecule has 1 amide bonds. The number of aryl methyl sites for hydroxylation is 2. The summed E-state index contributed by atoms with van der Waals surface area (Å²) in [5, 5.41) is 9.50. The molecule has 0 radical (unpaired) electrons. The molecule has 4 rings (SSSR count). The molecule has 1 saturated heterocycles. The van der Waals surface area contributed by atoms with Gasteiger partial charge in [0.05, 0.1) is 17.0 Å². The van der Waals surface area contributed by atoms with E-state index in [0.29, 0.717) is 30.2 Å². The number of benzene rings is 1. The van der Waals surface area contributed by atoms with E-state index in [1.165, 1.54) is 4.68 Å². The van der Waals surface area contributed by atoms with Crippen molar-refractivity contribution in [1.82, 2.24) is 24.8 Å². The summed E-state index contributed by atoms with van der Waals surface area (Å²) in [5.74, 6) is 1.07. The predicted molar refractivity (Wildman–Crippen MR) is 93.7 cm³/mol. The molecule has 1 aromatic carbocycles. The number of hydrogen-bond acceptors (Lipinski definition) is 6. The van der Waals surface area contributed by atoms with E-state index < -0.39 is 0 Å². The molecule has 1 aliphatic heterocycles. The van der Waals surface area contributed by atoms with E-state index in [2.05, 4.69) is 15.2 Å². The molecular formula is C18H19N5O3. The molecule has 0 N–H and O–H groups in total. The lowest BCUT2D eigenvalue weighted by Crippen LogP contribution is -2.36. The largest absolute Gasteiger partial charge is 0.340 e. The maximum absolute atomic E-state index is 12.7. The Morgan fingerprint density at radius 2 is 2.04 bits per heavy atom. The van der Waals surface area contributed by atoms with E-state index in [9.17, 15) is 9.59 Å². The second kappa shape index (κ2) is 6.36. The summed E-state index contributed by atoms with van der Waals surface area (Å²) in [4.78, 5) is 31.2. The van der Waals surface area contributed by atoms with Crippen molar-refractivity contribution in [2.24, 2.45) is 0 Å². The Morgan fingerprint density at radius 1 is 1.27 bits per heavy atom. The third-order valence-corrected chi connectivity index (χ3v) is 4.77. The Bertz CT molecular complexity index is 1040. The lowest BCUT2D eigenvalue weighted by atomic mass is 10.1. The Morgan fingerprint density at radius 3 is 2.77 bits per heavy atom. The third kappa shape index (κ3) is 2.87. The quantitative estimate of drug-likeness (QED) is 0.707. The van der Waals surface area contributed by atoms with Gasteiger partial charge in [-0.05, 0) is 26.3 Å². The monoisotopic (exact) mass is 353 g/mol. The van der Waals surface area contributed by atoms with Crippen molar-refractivity contribution < 1.29 is 9.32 Å². The number of hydrogen-bond donors (Lipinski definition) is 0. The van der Waals surface area contributed by atoms with Gasteiger partial charge in [0.25, 0.3) is 5.56 Å². The van der Waals surface area contributed by atoms with Crippen molar-refractivity contribution >= 4 is 16.7 Å². The van der Waals surface area contributed by atoms with E-state index in [0.717, 1.165) is 17.5 Å². The van der Waals surface area contributed by atoms with Crippen LogP contribution in [0.25, 0.3) is 10.8 Å². The van der Waals surface area contributed by atoms with E-state index in [4.69, 9.17) is 4.52 Å². The standard InChI is InChI=1S/C18H19N5O3/c1-11-14-5-3-4-6-15(14)18(25)23(20-11)10-16(24)22-8-7-13(9-22)17-19-12(2)21-26-17/h3-6,13H,7-10H2,1-2H3/t13-/m0/s1. The zero-order valence-corrected chi connectivity index (χ0v) is 14.7. The average Bonchev–Trinajstić information content (AvgIpc) is 3.28. The van der Waals surface area contributed by atoms with E-state index in [-0.39, 0.29) is 23.9 Å². The summed E-state index contributed by atoms with van der Waals surface area (Å²) in [7, 11) is 0. The summed E-state index contributed by atoms with van der Waals surface area (Å²) in [6, 6.07) is 7.31. The normalized spacial score (nSPS) is 17.2. The number of carbonyl (C=O) groups is 1. The first kappa shape index (κ1) is 16.4. The van der Waals surface area contributed by atoms with Crippen molar-refractivity contribution in [2.45, 2.75) is 32.7 Å². The number of fused-ring (bicyclic) bond motifs is 1. The SMILES string of the molecule is Cc1noc([C@H]2CCN(C(=O)Cn3nc(C)c4ccccc4c3=O)C2)n1. The molecule has 8 nitrogen and oxygen atoms in total. The molecule has 3 heterocycles. The number of aromatic nitrogens is 4. The van der Waals surface area contributed by atoms with Crippen LogP contribution in [0.1, 0.15) is 29.7 Å². The Hall–Kier alpha value is -3.03. The van der Waals surface area contributed by atoms with Crippen LogP contribution in [0.3, 0.4) is 0 Å². The Labute approximate surface area is 149 Å². The van der Waals surface area contributed by atoms with E-state index >= 15 is 0 Å². The number of amides is 1. The van der Waals surface area contributed by atoms with Gasteiger partial charge in [0.2, 0.25) is 11.8 Å². The van der Waals surface area contributed by atoms with Crippen molar-refractivity contribution in [2.75, 3.05) is 13.1 Å². The highest BCUT2D eigenvalue weighted by atomic mass is 16.5. The summed E-state index contributed by atoms with van der Waals surface area (Å²) in [5.41, 5.74) is 0.483. The third-order valence-electron chi connectivity index (χ3n) is 4.77. The minimum Gasteiger partial charge on any atom is -0.340 e. The molecule has 0 saturated carbocycles. The van der Waals surface area contributed by atoms with Crippen LogP contribution in [0.4, 0.5) is 0 Å². The second-order valence-corrected chi connectivity index (χ2v) is 6.60. The van der Waals surface area contributed by atoms with Gasteiger partial charge < -0.3 is 9.42 Å². The molecule has 0 unspecified atom stereocenters. The lowest BCUT2D eigenvalue weighted by Gasteiger charge is -2.16. The summed E-state index contributed by atoms with van der Waals surface area (Å²) < 4.78 is 6.47. The number of likely N-dealkylation sites (tertiary alicyclic amines) is 1. The number of carbonyl (C=O) groups excluding carboxylic acids is 1. The second-order valence-electron chi connectivity index (χ2n) is 6.60. The summed E-state index contributed by atoms with van der Waals surface area (Å²) in [6.07, 6.45) is 0.770. The Kier molecular flexibility index (Phi) is 4.02. The zero-order valence-electron chi connectivity index (χ0n) is 14.7. The molecule has 2 aromatic heterocycles. The van der Waals surface area contributed by atoms with Gasteiger partial charge in [-0.25, -0.2) is 4.68 Å². The van der Waals surface area contributed by atoms with Crippen molar-refractivity contribution in [3.8, 4) is 0 Å². The first-order valence-electron chi connectivity index (χ1n) is 8.57. The molecular weight excluding hydrogens is 334 g/mol. The molecule has 8 heteroatoms. The molecule has 0 aliphatic carbocycles. The molecule has 1 aliphatic rings. The molecule has 26 heavy (non-hydrogen) atoms. The van der Waals surface area contributed by atoms with Crippen molar-refractivity contribution in [3.63, 3.8) is 0 Å². The maximum atomic E-state index is 12.7. The minimum atomic E-state index is -0.247. The molecule has 3 aromatic rings. The average molecular weight is 353 g/mol. The minimum absolute atomic E-state index is 0.0446. The summed E-state index contributed by atoms with van der Waals surface area (Å²) >= 11 is 0. The molecule has 0 spiro atoms.